The Hall–Kier alpha value is 0.674. The van der Waals surface area contributed by atoms with Gasteiger partial charge in [-0.3, -0.25) is 0 Å². The number of hydrogen-bond acceptors (Lipinski definition) is 1. The van der Waals surface area contributed by atoms with E-state index in [-0.39, 0.29) is 21.7 Å². The molecule has 0 aromatic rings. The van der Waals surface area contributed by atoms with Crippen molar-refractivity contribution < 1.29 is 26.8 Å². The summed E-state index contributed by atoms with van der Waals surface area (Å²) in [5.41, 5.74) is 0. The molecule has 0 aliphatic carbocycles. The molecule has 0 radical (unpaired) electrons. The van der Waals surface area contributed by atoms with Gasteiger partial charge in [0.15, 0.2) is 0 Å². The molecule has 2 heteroatoms. The first-order valence-corrected chi connectivity index (χ1v) is 8.02. The van der Waals surface area contributed by atoms with E-state index in [4.69, 9.17) is 5.11 Å². The van der Waals surface area contributed by atoms with Gasteiger partial charge in [-0.05, 0) is 6.42 Å². The van der Waals surface area contributed by atoms with Gasteiger partial charge < -0.3 is 5.11 Å². The SMILES string of the molecule is CCCCCCCCCCCCCCCCO.[Ti]. The smallest absolute Gasteiger partial charge is 0.0431 e. The minimum absolute atomic E-state index is 0. The van der Waals surface area contributed by atoms with Crippen molar-refractivity contribution in [1.82, 2.24) is 0 Å². The van der Waals surface area contributed by atoms with E-state index in [9.17, 15) is 0 Å². The molecule has 0 heterocycles. The van der Waals surface area contributed by atoms with Gasteiger partial charge in [0.2, 0.25) is 0 Å². The van der Waals surface area contributed by atoms with E-state index in [0.29, 0.717) is 6.61 Å². The maximum absolute atomic E-state index is 8.64. The molecule has 0 rings (SSSR count). The molecule has 0 amide bonds. The first kappa shape index (κ1) is 21.0. The van der Waals surface area contributed by atoms with Crippen LogP contribution < -0.4 is 0 Å². The van der Waals surface area contributed by atoms with Gasteiger partial charge in [0.25, 0.3) is 0 Å². The molecule has 0 bridgehead atoms. The molecule has 0 atom stereocenters. The summed E-state index contributed by atoms with van der Waals surface area (Å²) in [5, 5.41) is 8.64. The second-order valence-corrected chi connectivity index (χ2v) is 5.32. The maximum atomic E-state index is 8.64. The quantitative estimate of drug-likeness (QED) is 0.333. The molecule has 0 aliphatic heterocycles. The van der Waals surface area contributed by atoms with Crippen molar-refractivity contribution in [2.24, 2.45) is 0 Å². The van der Waals surface area contributed by atoms with Crippen LogP contribution in [0.1, 0.15) is 96.8 Å². The first-order valence-electron chi connectivity index (χ1n) is 8.02. The molecule has 108 valence electrons. The molecule has 0 aromatic heterocycles. The Morgan fingerprint density at radius 2 is 0.778 bits per heavy atom. The molecule has 0 saturated heterocycles. The van der Waals surface area contributed by atoms with Crippen molar-refractivity contribution in [3.05, 3.63) is 0 Å². The fraction of sp³-hybridized carbons (Fsp3) is 1.00. The standard InChI is InChI=1S/C16H34O.Ti/c1-2-3-4-5-6-7-8-9-10-11-12-13-14-15-16-17;/h17H,2-16H2,1H3;. The molecule has 0 spiro atoms. The maximum Gasteiger partial charge on any atom is 0.0431 e. The van der Waals surface area contributed by atoms with Crippen molar-refractivity contribution in [3.63, 3.8) is 0 Å². The molecule has 0 aliphatic rings. The summed E-state index contributed by atoms with van der Waals surface area (Å²) in [4.78, 5) is 0. The van der Waals surface area contributed by atoms with Crippen molar-refractivity contribution >= 4 is 0 Å². The second kappa shape index (κ2) is 20.0. The van der Waals surface area contributed by atoms with E-state index in [0.717, 1.165) is 6.42 Å². The summed E-state index contributed by atoms with van der Waals surface area (Å²) >= 11 is 0. The fourth-order valence-corrected chi connectivity index (χ4v) is 2.31. The van der Waals surface area contributed by atoms with E-state index < -0.39 is 0 Å². The molecule has 0 saturated carbocycles. The van der Waals surface area contributed by atoms with Crippen LogP contribution in [0.5, 0.6) is 0 Å². The monoisotopic (exact) mass is 290 g/mol. The van der Waals surface area contributed by atoms with Gasteiger partial charge in [-0.2, -0.15) is 0 Å². The predicted molar refractivity (Wildman–Crippen MR) is 77.4 cm³/mol. The molecule has 1 nitrogen and oxygen atoms in total. The Balaban J connectivity index is 0. The van der Waals surface area contributed by atoms with Crippen molar-refractivity contribution in [2.75, 3.05) is 6.61 Å². The summed E-state index contributed by atoms with van der Waals surface area (Å²) in [6.07, 6.45) is 19.2. The molecule has 0 aromatic carbocycles. The van der Waals surface area contributed by atoms with Gasteiger partial charge in [-0.15, -0.1) is 0 Å². The van der Waals surface area contributed by atoms with Crippen molar-refractivity contribution in [1.29, 1.82) is 0 Å². The predicted octanol–water partition coefficient (Wildman–Crippen LogP) is 5.46. The number of aliphatic hydroxyl groups excluding tert-OH is 1. The number of rotatable bonds is 14. The number of hydrogen-bond donors (Lipinski definition) is 1. The minimum atomic E-state index is 0. The van der Waals surface area contributed by atoms with Crippen LogP contribution in [0.15, 0.2) is 0 Å². The van der Waals surface area contributed by atoms with Crippen LogP contribution >= 0.6 is 0 Å². The molecular formula is C16H34OTi. The second-order valence-electron chi connectivity index (χ2n) is 5.32. The van der Waals surface area contributed by atoms with Crippen molar-refractivity contribution in [3.8, 4) is 0 Å². The summed E-state index contributed by atoms with van der Waals surface area (Å²) in [6, 6.07) is 0. The van der Waals surface area contributed by atoms with Gasteiger partial charge in [-0.25, -0.2) is 0 Å². The normalized spacial score (nSPS) is 10.3. The summed E-state index contributed by atoms with van der Waals surface area (Å²) < 4.78 is 0. The fourth-order valence-electron chi connectivity index (χ4n) is 2.31. The van der Waals surface area contributed by atoms with Crippen LogP contribution in [0.3, 0.4) is 0 Å². The third-order valence-corrected chi connectivity index (χ3v) is 3.51. The molecule has 0 fully saturated rings. The van der Waals surface area contributed by atoms with E-state index in [1.807, 2.05) is 0 Å². The Morgan fingerprint density at radius 3 is 1.06 bits per heavy atom. The van der Waals surface area contributed by atoms with E-state index >= 15 is 0 Å². The van der Waals surface area contributed by atoms with Crippen LogP contribution in [0.2, 0.25) is 0 Å². The zero-order chi connectivity index (χ0) is 12.6. The van der Waals surface area contributed by atoms with Crippen LogP contribution in [0, 0.1) is 0 Å². The Morgan fingerprint density at radius 1 is 0.500 bits per heavy atom. The van der Waals surface area contributed by atoms with Crippen LogP contribution in [0.25, 0.3) is 0 Å². The Bertz CT molecular complexity index is 114. The van der Waals surface area contributed by atoms with E-state index in [1.54, 1.807) is 0 Å². The van der Waals surface area contributed by atoms with Gasteiger partial charge in [0.1, 0.15) is 0 Å². The average Bonchev–Trinajstić information content (AvgIpc) is 2.35. The summed E-state index contributed by atoms with van der Waals surface area (Å²) in [6.45, 7) is 2.65. The first-order chi connectivity index (χ1) is 8.41. The minimum Gasteiger partial charge on any atom is -0.396 e. The van der Waals surface area contributed by atoms with Gasteiger partial charge in [0.05, 0.1) is 0 Å². The third kappa shape index (κ3) is 19.0. The summed E-state index contributed by atoms with van der Waals surface area (Å²) in [7, 11) is 0. The zero-order valence-corrected chi connectivity index (χ0v) is 14.1. The van der Waals surface area contributed by atoms with Gasteiger partial charge in [-0.1, -0.05) is 90.4 Å². The third-order valence-electron chi connectivity index (χ3n) is 3.51. The van der Waals surface area contributed by atoms with Crippen LogP contribution in [-0.4, -0.2) is 11.7 Å². The number of aliphatic hydroxyl groups is 1. The number of unbranched alkanes of at least 4 members (excludes halogenated alkanes) is 13. The largest absolute Gasteiger partial charge is 0.396 e. The zero-order valence-electron chi connectivity index (χ0n) is 12.6. The molecule has 18 heavy (non-hydrogen) atoms. The summed E-state index contributed by atoms with van der Waals surface area (Å²) in [5.74, 6) is 0. The molecule has 0 unspecified atom stereocenters. The molecule has 1 N–H and O–H groups in total. The van der Waals surface area contributed by atoms with Crippen LogP contribution in [-0.2, 0) is 21.7 Å². The average molecular weight is 290 g/mol. The van der Waals surface area contributed by atoms with E-state index in [2.05, 4.69) is 6.92 Å². The molecular weight excluding hydrogens is 256 g/mol. The van der Waals surface area contributed by atoms with Crippen molar-refractivity contribution in [2.45, 2.75) is 96.8 Å². The van der Waals surface area contributed by atoms with Crippen LogP contribution in [0.4, 0.5) is 0 Å². The topological polar surface area (TPSA) is 20.2 Å². The van der Waals surface area contributed by atoms with Gasteiger partial charge in [0, 0.05) is 28.3 Å². The van der Waals surface area contributed by atoms with E-state index in [1.165, 1.54) is 83.5 Å². The Labute approximate surface area is 130 Å². The van der Waals surface area contributed by atoms with Gasteiger partial charge >= 0.3 is 0 Å². The Kier molecular flexibility index (Phi) is 23.3.